The maximum absolute atomic E-state index is 12.5. The number of likely N-dealkylation sites (tertiary alicyclic amines) is 1. The van der Waals surface area contributed by atoms with Gasteiger partial charge in [-0.25, -0.2) is 0 Å². The highest BCUT2D eigenvalue weighted by atomic mass is 16.5. The molecule has 6 heteroatoms. The van der Waals surface area contributed by atoms with Crippen molar-refractivity contribution in [2.45, 2.75) is 57.1 Å². The van der Waals surface area contributed by atoms with E-state index in [1.807, 2.05) is 25.1 Å². The second kappa shape index (κ2) is 9.14. The molecule has 1 aliphatic carbocycles. The third kappa shape index (κ3) is 4.28. The van der Waals surface area contributed by atoms with Crippen LogP contribution < -0.4 is 14.8 Å². The molecule has 0 aromatic heterocycles. The smallest absolute Gasteiger partial charge is 0.234 e. The highest BCUT2D eigenvalue weighted by Gasteiger charge is 2.49. The zero-order valence-electron chi connectivity index (χ0n) is 17.4. The van der Waals surface area contributed by atoms with Crippen LogP contribution in [0.1, 0.15) is 57.1 Å². The molecule has 1 aliphatic heterocycles. The van der Waals surface area contributed by atoms with E-state index in [1.165, 1.54) is 0 Å². The van der Waals surface area contributed by atoms with Crippen molar-refractivity contribution in [1.29, 1.82) is 0 Å². The van der Waals surface area contributed by atoms with Crippen molar-refractivity contribution in [2.24, 2.45) is 5.92 Å². The second-order valence-electron chi connectivity index (χ2n) is 8.08. The zero-order chi connectivity index (χ0) is 20.1. The molecule has 1 aromatic carbocycles. The van der Waals surface area contributed by atoms with Crippen molar-refractivity contribution in [3.8, 4) is 11.5 Å². The zero-order valence-corrected chi connectivity index (χ0v) is 17.4. The molecule has 156 valence electrons. The molecule has 1 heterocycles. The molecule has 1 saturated heterocycles. The van der Waals surface area contributed by atoms with Gasteiger partial charge in [-0.2, -0.15) is 0 Å². The number of piperidine rings is 1. The Labute approximate surface area is 168 Å². The van der Waals surface area contributed by atoms with Crippen LogP contribution in [0.2, 0.25) is 0 Å². The third-order valence-corrected chi connectivity index (χ3v) is 6.35. The van der Waals surface area contributed by atoms with Crippen LogP contribution in [0, 0.1) is 5.92 Å². The molecule has 0 bridgehead atoms. The molecule has 1 amide bonds. The molecule has 0 spiro atoms. The van der Waals surface area contributed by atoms with Gasteiger partial charge >= 0.3 is 0 Å². The minimum Gasteiger partial charge on any atom is -0.497 e. The van der Waals surface area contributed by atoms with Gasteiger partial charge in [-0.3, -0.25) is 9.69 Å². The van der Waals surface area contributed by atoms with Gasteiger partial charge in [-0.1, -0.05) is 25.8 Å². The average molecular weight is 391 g/mol. The number of methoxy groups -OCH3 is 2. The van der Waals surface area contributed by atoms with Gasteiger partial charge in [0.15, 0.2) is 0 Å². The quantitative estimate of drug-likeness (QED) is 0.749. The summed E-state index contributed by atoms with van der Waals surface area (Å²) in [6, 6.07) is 5.80. The number of ether oxygens (including phenoxy) is 2. The van der Waals surface area contributed by atoms with Gasteiger partial charge in [0.05, 0.1) is 26.4 Å². The van der Waals surface area contributed by atoms with E-state index in [-0.39, 0.29) is 17.9 Å². The van der Waals surface area contributed by atoms with Crippen LogP contribution in [0.25, 0.3) is 0 Å². The predicted octanol–water partition coefficient (Wildman–Crippen LogP) is 2.90. The van der Waals surface area contributed by atoms with Gasteiger partial charge in [-0.15, -0.1) is 0 Å². The standard InChI is InChI=1S/C22H34N2O4/c1-4-12-23-20(25)15-24-13-11-22(26)10-6-5-7-18(22)21(24)17-9-8-16(27-2)14-19(17)28-3/h8-9,14,18,21,26H,4-7,10-13,15H2,1-3H3,(H,23,25)/t18-,21+,22+/m1/s1. The number of rotatable bonds is 7. The van der Waals surface area contributed by atoms with E-state index < -0.39 is 5.60 Å². The molecule has 2 N–H and O–H groups in total. The number of nitrogens with one attached hydrogen (secondary N) is 1. The van der Waals surface area contributed by atoms with Crippen molar-refractivity contribution in [1.82, 2.24) is 10.2 Å². The molecule has 0 unspecified atom stereocenters. The van der Waals surface area contributed by atoms with Crippen molar-refractivity contribution < 1.29 is 19.4 Å². The number of nitrogens with zero attached hydrogens (tertiary/aromatic N) is 1. The maximum Gasteiger partial charge on any atom is 0.234 e. The number of carbonyl (C=O) groups is 1. The Bertz CT molecular complexity index is 681. The van der Waals surface area contributed by atoms with E-state index in [0.717, 1.165) is 49.2 Å². The summed E-state index contributed by atoms with van der Waals surface area (Å²) in [6.07, 6.45) is 5.61. The van der Waals surface area contributed by atoms with Gasteiger partial charge in [0.2, 0.25) is 5.91 Å². The largest absolute Gasteiger partial charge is 0.497 e. The lowest BCUT2D eigenvalue weighted by molar-refractivity contribution is -0.138. The molecule has 28 heavy (non-hydrogen) atoms. The lowest BCUT2D eigenvalue weighted by atomic mass is 9.66. The third-order valence-electron chi connectivity index (χ3n) is 6.35. The van der Waals surface area contributed by atoms with Crippen LogP contribution in [0.15, 0.2) is 18.2 Å². The fourth-order valence-electron chi connectivity index (χ4n) is 4.90. The Morgan fingerprint density at radius 2 is 2.11 bits per heavy atom. The van der Waals surface area contributed by atoms with E-state index in [2.05, 4.69) is 10.2 Å². The van der Waals surface area contributed by atoms with Gasteiger partial charge in [0.1, 0.15) is 11.5 Å². The van der Waals surface area contributed by atoms with Gasteiger partial charge in [-0.05, 0) is 31.7 Å². The van der Waals surface area contributed by atoms with Crippen LogP contribution in [0.5, 0.6) is 11.5 Å². The normalized spacial score (nSPS) is 27.7. The first kappa shape index (κ1) is 20.9. The maximum atomic E-state index is 12.5. The molecular weight excluding hydrogens is 356 g/mol. The summed E-state index contributed by atoms with van der Waals surface area (Å²) in [5.74, 6) is 1.62. The van der Waals surface area contributed by atoms with E-state index in [0.29, 0.717) is 26.1 Å². The lowest BCUT2D eigenvalue weighted by Crippen LogP contribution is -2.56. The first-order valence-electron chi connectivity index (χ1n) is 10.5. The Morgan fingerprint density at radius 1 is 1.29 bits per heavy atom. The molecule has 2 fully saturated rings. The SMILES string of the molecule is CCCNC(=O)CN1CC[C@@]2(O)CCCC[C@@H]2[C@@H]1c1ccc(OC)cc1OC. The fourth-order valence-corrected chi connectivity index (χ4v) is 4.90. The van der Waals surface area contributed by atoms with Crippen molar-refractivity contribution >= 4 is 5.91 Å². The molecule has 6 nitrogen and oxygen atoms in total. The first-order chi connectivity index (χ1) is 13.5. The van der Waals surface area contributed by atoms with E-state index >= 15 is 0 Å². The second-order valence-corrected chi connectivity index (χ2v) is 8.08. The van der Waals surface area contributed by atoms with Crippen LogP contribution in [-0.4, -0.2) is 55.4 Å². The Morgan fingerprint density at radius 3 is 2.82 bits per heavy atom. The molecule has 2 aliphatic rings. The fraction of sp³-hybridized carbons (Fsp3) is 0.682. The number of benzene rings is 1. The van der Waals surface area contributed by atoms with Crippen molar-refractivity contribution in [3.05, 3.63) is 23.8 Å². The monoisotopic (exact) mass is 390 g/mol. The summed E-state index contributed by atoms with van der Waals surface area (Å²) >= 11 is 0. The lowest BCUT2D eigenvalue weighted by Gasteiger charge is -2.52. The summed E-state index contributed by atoms with van der Waals surface area (Å²) in [5.41, 5.74) is 0.362. The highest BCUT2D eigenvalue weighted by molar-refractivity contribution is 5.78. The average Bonchev–Trinajstić information content (AvgIpc) is 2.71. The van der Waals surface area contributed by atoms with E-state index in [1.54, 1.807) is 14.2 Å². The highest BCUT2D eigenvalue weighted by Crippen LogP contribution is 2.51. The van der Waals surface area contributed by atoms with E-state index in [9.17, 15) is 9.90 Å². The summed E-state index contributed by atoms with van der Waals surface area (Å²) < 4.78 is 11.0. The molecule has 1 aromatic rings. The topological polar surface area (TPSA) is 71.0 Å². The molecular formula is C22H34N2O4. The van der Waals surface area contributed by atoms with Gasteiger partial charge < -0.3 is 19.9 Å². The summed E-state index contributed by atoms with van der Waals surface area (Å²) in [6.45, 7) is 3.78. The van der Waals surface area contributed by atoms with Gasteiger partial charge in [0.25, 0.3) is 0 Å². The van der Waals surface area contributed by atoms with Crippen LogP contribution >= 0.6 is 0 Å². The van der Waals surface area contributed by atoms with Crippen molar-refractivity contribution in [2.75, 3.05) is 33.9 Å². The Kier molecular flexibility index (Phi) is 6.83. The molecule has 3 rings (SSSR count). The van der Waals surface area contributed by atoms with Crippen LogP contribution in [-0.2, 0) is 4.79 Å². The summed E-state index contributed by atoms with van der Waals surface area (Å²) in [7, 11) is 3.30. The molecule has 3 atom stereocenters. The molecule has 1 saturated carbocycles. The number of amides is 1. The van der Waals surface area contributed by atoms with Crippen LogP contribution in [0.4, 0.5) is 0 Å². The number of fused-ring (bicyclic) bond motifs is 1. The minimum atomic E-state index is -0.662. The minimum absolute atomic E-state index is 0.0422. The number of hydrogen-bond donors (Lipinski definition) is 2. The summed E-state index contributed by atoms with van der Waals surface area (Å²) in [5, 5.41) is 14.4. The number of aliphatic hydroxyl groups is 1. The number of carbonyl (C=O) groups excluding carboxylic acids is 1. The van der Waals surface area contributed by atoms with Crippen LogP contribution in [0.3, 0.4) is 0 Å². The summed E-state index contributed by atoms with van der Waals surface area (Å²) in [4.78, 5) is 14.7. The Balaban J connectivity index is 1.95. The van der Waals surface area contributed by atoms with E-state index in [4.69, 9.17) is 9.47 Å². The van der Waals surface area contributed by atoms with Crippen molar-refractivity contribution in [3.63, 3.8) is 0 Å². The van der Waals surface area contributed by atoms with Gasteiger partial charge in [0, 0.05) is 36.7 Å². The molecule has 0 radical (unpaired) electrons. The first-order valence-corrected chi connectivity index (χ1v) is 10.5. The predicted molar refractivity (Wildman–Crippen MR) is 109 cm³/mol. The Hall–Kier alpha value is -1.79. The number of hydrogen-bond acceptors (Lipinski definition) is 5.